The third kappa shape index (κ3) is 5.81. The Balaban J connectivity index is 2.49. The minimum absolute atomic E-state index is 0.0206. The molecule has 0 saturated carbocycles. The Labute approximate surface area is 120 Å². The van der Waals surface area contributed by atoms with Gasteiger partial charge < -0.3 is 14.8 Å². The van der Waals surface area contributed by atoms with Crippen molar-refractivity contribution in [3.8, 4) is 0 Å². The number of nitrogens with zero attached hydrogens (tertiary/aromatic N) is 1. The van der Waals surface area contributed by atoms with Crippen LogP contribution in [0.2, 0.25) is 0 Å². The standard InChI is InChI=1S/C13H14N2O6/c1-9(16)6-7-13(18)21-8-12(17)14-10-4-2-3-5-11(10)15(19)20/h2-5H,6-8H2,1H3,(H,14,17). The fraction of sp³-hybridized carbons (Fsp3) is 0.308. The first-order valence-electron chi connectivity index (χ1n) is 6.08. The molecule has 8 nitrogen and oxygen atoms in total. The van der Waals surface area contributed by atoms with Crippen molar-refractivity contribution >= 4 is 29.0 Å². The zero-order chi connectivity index (χ0) is 15.8. The number of esters is 1. The highest BCUT2D eigenvalue weighted by atomic mass is 16.6. The van der Waals surface area contributed by atoms with Gasteiger partial charge in [0.05, 0.1) is 11.3 Å². The van der Waals surface area contributed by atoms with Gasteiger partial charge in [0.1, 0.15) is 11.5 Å². The summed E-state index contributed by atoms with van der Waals surface area (Å²) in [6.45, 7) is 0.775. The quantitative estimate of drug-likeness (QED) is 0.462. The number of benzene rings is 1. The number of para-hydroxylation sites is 2. The number of amides is 1. The van der Waals surface area contributed by atoms with Gasteiger partial charge in [0, 0.05) is 12.5 Å². The first kappa shape index (κ1) is 16.3. The molecule has 1 N–H and O–H groups in total. The second-order valence-corrected chi connectivity index (χ2v) is 4.19. The topological polar surface area (TPSA) is 116 Å². The maximum atomic E-state index is 11.6. The Kier molecular flexibility index (Phi) is 5.99. The molecule has 0 saturated heterocycles. The molecule has 0 aliphatic carbocycles. The van der Waals surface area contributed by atoms with Gasteiger partial charge in [-0.3, -0.25) is 19.7 Å². The van der Waals surface area contributed by atoms with E-state index >= 15 is 0 Å². The summed E-state index contributed by atoms with van der Waals surface area (Å²) in [4.78, 5) is 43.6. The summed E-state index contributed by atoms with van der Waals surface area (Å²) >= 11 is 0. The van der Waals surface area contributed by atoms with Crippen LogP contribution in [0, 0.1) is 10.1 Å². The molecule has 0 fully saturated rings. The van der Waals surface area contributed by atoms with Crippen LogP contribution >= 0.6 is 0 Å². The van der Waals surface area contributed by atoms with Crippen molar-refractivity contribution in [2.75, 3.05) is 11.9 Å². The van der Waals surface area contributed by atoms with E-state index in [1.807, 2.05) is 0 Å². The molecule has 0 aliphatic heterocycles. The molecule has 8 heteroatoms. The molecule has 0 spiro atoms. The Morgan fingerprint density at radius 3 is 2.52 bits per heavy atom. The van der Waals surface area contributed by atoms with Crippen molar-refractivity contribution in [3.63, 3.8) is 0 Å². The number of carbonyl (C=O) groups excluding carboxylic acids is 3. The molecule has 1 aromatic rings. The van der Waals surface area contributed by atoms with Gasteiger partial charge in [0.25, 0.3) is 11.6 Å². The van der Waals surface area contributed by atoms with Crippen molar-refractivity contribution in [2.24, 2.45) is 0 Å². The van der Waals surface area contributed by atoms with Crippen molar-refractivity contribution in [1.29, 1.82) is 0 Å². The van der Waals surface area contributed by atoms with E-state index in [0.29, 0.717) is 0 Å². The third-order valence-electron chi connectivity index (χ3n) is 2.42. The fourth-order valence-corrected chi connectivity index (χ4v) is 1.42. The SMILES string of the molecule is CC(=O)CCC(=O)OCC(=O)Nc1ccccc1[N+](=O)[O-]. The first-order valence-corrected chi connectivity index (χ1v) is 6.08. The van der Waals surface area contributed by atoms with Gasteiger partial charge in [-0.1, -0.05) is 12.1 Å². The van der Waals surface area contributed by atoms with Gasteiger partial charge in [0.2, 0.25) is 0 Å². The number of rotatable bonds is 7. The highest BCUT2D eigenvalue weighted by Crippen LogP contribution is 2.22. The van der Waals surface area contributed by atoms with Gasteiger partial charge in [-0.2, -0.15) is 0 Å². The molecule has 0 aromatic heterocycles. The summed E-state index contributed by atoms with van der Waals surface area (Å²) < 4.78 is 4.65. The van der Waals surface area contributed by atoms with Crippen molar-refractivity contribution in [1.82, 2.24) is 0 Å². The zero-order valence-corrected chi connectivity index (χ0v) is 11.3. The van der Waals surface area contributed by atoms with E-state index in [1.165, 1.54) is 31.2 Å². The lowest BCUT2D eigenvalue weighted by Gasteiger charge is -2.06. The number of ether oxygens (including phenoxy) is 1. The normalized spacial score (nSPS) is 9.76. The van der Waals surface area contributed by atoms with Crippen LogP contribution < -0.4 is 5.32 Å². The molecule has 0 heterocycles. The molecule has 0 unspecified atom stereocenters. The Bertz CT molecular complexity index is 570. The highest BCUT2D eigenvalue weighted by molar-refractivity contribution is 5.94. The lowest BCUT2D eigenvalue weighted by atomic mass is 10.2. The average Bonchev–Trinajstić information content (AvgIpc) is 2.43. The van der Waals surface area contributed by atoms with E-state index in [-0.39, 0.29) is 30.0 Å². The highest BCUT2D eigenvalue weighted by Gasteiger charge is 2.15. The molecule has 1 amide bonds. The number of nitrogens with one attached hydrogen (secondary N) is 1. The van der Waals surface area contributed by atoms with Crippen LogP contribution in [0.25, 0.3) is 0 Å². The van der Waals surface area contributed by atoms with E-state index in [1.54, 1.807) is 0 Å². The number of nitro groups is 1. The van der Waals surface area contributed by atoms with Crippen LogP contribution in [-0.2, 0) is 19.1 Å². The van der Waals surface area contributed by atoms with E-state index in [2.05, 4.69) is 10.1 Å². The molecule has 1 rings (SSSR count). The minimum Gasteiger partial charge on any atom is -0.456 e. The summed E-state index contributed by atoms with van der Waals surface area (Å²) in [5, 5.41) is 13.0. The summed E-state index contributed by atoms with van der Waals surface area (Å²) in [6.07, 6.45) is -0.0568. The Morgan fingerprint density at radius 2 is 1.90 bits per heavy atom. The molecule has 0 radical (unpaired) electrons. The van der Waals surface area contributed by atoms with E-state index in [9.17, 15) is 24.5 Å². The predicted molar refractivity (Wildman–Crippen MR) is 72.6 cm³/mol. The molecule has 0 atom stereocenters. The number of hydrogen-bond donors (Lipinski definition) is 1. The van der Waals surface area contributed by atoms with E-state index < -0.39 is 23.4 Å². The monoisotopic (exact) mass is 294 g/mol. The minimum atomic E-state index is -0.694. The van der Waals surface area contributed by atoms with Crippen LogP contribution in [-0.4, -0.2) is 29.2 Å². The number of carbonyl (C=O) groups is 3. The number of hydrogen-bond acceptors (Lipinski definition) is 6. The largest absolute Gasteiger partial charge is 0.456 e. The maximum Gasteiger partial charge on any atom is 0.306 e. The van der Waals surface area contributed by atoms with E-state index in [0.717, 1.165) is 0 Å². The number of nitro benzene ring substituents is 1. The molecule has 1 aromatic carbocycles. The van der Waals surface area contributed by atoms with Crippen molar-refractivity contribution in [2.45, 2.75) is 19.8 Å². The van der Waals surface area contributed by atoms with Crippen molar-refractivity contribution < 1.29 is 24.0 Å². The lowest BCUT2D eigenvalue weighted by Crippen LogP contribution is -2.21. The lowest BCUT2D eigenvalue weighted by molar-refractivity contribution is -0.383. The summed E-state index contributed by atoms with van der Waals surface area (Å²) in [5.74, 6) is -1.53. The van der Waals surface area contributed by atoms with Gasteiger partial charge >= 0.3 is 5.97 Å². The van der Waals surface area contributed by atoms with Gasteiger partial charge in [-0.15, -0.1) is 0 Å². The second-order valence-electron chi connectivity index (χ2n) is 4.19. The number of Topliss-reactive ketones (excluding diaryl/α,β-unsaturated/α-hetero) is 1. The molecule has 112 valence electrons. The summed E-state index contributed by atoms with van der Waals surface area (Å²) in [6, 6.07) is 5.61. The van der Waals surface area contributed by atoms with Crippen LogP contribution in [0.4, 0.5) is 11.4 Å². The molecule has 0 bridgehead atoms. The fourth-order valence-electron chi connectivity index (χ4n) is 1.42. The Hall–Kier alpha value is -2.77. The van der Waals surface area contributed by atoms with Crippen LogP contribution in [0.3, 0.4) is 0 Å². The average molecular weight is 294 g/mol. The number of anilines is 1. The van der Waals surface area contributed by atoms with Crippen LogP contribution in [0.15, 0.2) is 24.3 Å². The summed E-state index contributed by atoms with van der Waals surface area (Å²) in [7, 11) is 0. The molecule has 0 aliphatic rings. The maximum absolute atomic E-state index is 11.6. The smallest absolute Gasteiger partial charge is 0.306 e. The predicted octanol–water partition coefficient (Wildman–Crippen LogP) is 1.45. The van der Waals surface area contributed by atoms with Crippen molar-refractivity contribution in [3.05, 3.63) is 34.4 Å². The zero-order valence-electron chi connectivity index (χ0n) is 11.3. The molecular weight excluding hydrogens is 280 g/mol. The number of ketones is 1. The van der Waals surface area contributed by atoms with Crippen LogP contribution in [0.5, 0.6) is 0 Å². The van der Waals surface area contributed by atoms with Gasteiger partial charge in [-0.25, -0.2) is 0 Å². The van der Waals surface area contributed by atoms with E-state index in [4.69, 9.17) is 0 Å². The first-order chi connectivity index (χ1) is 9.90. The molecular formula is C13H14N2O6. The summed E-state index contributed by atoms with van der Waals surface area (Å²) in [5.41, 5.74) is -0.235. The third-order valence-corrected chi connectivity index (χ3v) is 2.42. The Morgan fingerprint density at radius 1 is 1.24 bits per heavy atom. The second kappa shape index (κ2) is 7.73. The van der Waals surface area contributed by atoms with Gasteiger partial charge in [-0.05, 0) is 13.0 Å². The molecule has 21 heavy (non-hydrogen) atoms. The van der Waals surface area contributed by atoms with Gasteiger partial charge in [0.15, 0.2) is 6.61 Å². The van der Waals surface area contributed by atoms with Crippen LogP contribution in [0.1, 0.15) is 19.8 Å².